The molecule has 24 heavy (non-hydrogen) atoms. The maximum absolute atomic E-state index is 12.3. The van der Waals surface area contributed by atoms with Crippen molar-refractivity contribution in [3.63, 3.8) is 0 Å². The topological polar surface area (TPSA) is 71.1 Å². The van der Waals surface area contributed by atoms with E-state index in [1.165, 1.54) is 17.5 Å². The smallest absolute Gasteiger partial charge is 0.271 e. The van der Waals surface area contributed by atoms with Gasteiger partial charge in [0.2, 0.25) is 0 Å². The molecular weight excluding hydrogens is 366 g/mol. The monoisotopic (exact) mass is 379 g/mol. The number of hydrogen-bond donors (Lipinski definition) is 2. The number of halogens is 1. The van der Waals surface area contributed by atoms with Crippen LogP contribution in [0.25, 0.3) is 0 Å². The fraction of sp³-hybridized carbons (Fsp3) is 0.0625. The zero-order valence-corrected chi connectivity index (χ0v) is 15.0. The van der Waals surface area contributed by atoms with Crippen molar-refractivity contribution in [1.29, 1.82) is 0 Å². The van der Waals surface area contributed by atoms with Crippen molar-refractivity contribution >= 4 is 50.2 Å². The summed E-state index contributed by atoms with van der Waals surface area (Å²) in [6, 6.07) is 14.0. The molecule has 1 aromatic carbocycles. The number of anilines is 3. The Morgan fingerprint density at radius 1 is 1.08 bits per heavy atom. The average Bonchev–Trinajstić information content (AvgIpc) is 2.97. The summed E-state index contributed by atoms with van der Waals surface area (Å²) in [5.41, 5.74) is 1.20. The van der Waals surface area contributed by atoms with Crippen LogP contribution in [0.3, 0.4) is 0 Å². The molecule has 0 aliphatic rings. The van der Waals surface area contributed by atoms with E-state index < -0.39 is 10.0 Å². The van der Waals surface area contributed by atoms with Crippen LogP contribution in [0.4, 0.5) is 17.2 Å². The Hall–Kier alpha value is -2.09. The van der Waals surface area contributed by atoms with Gasteiger partial charge in [-0.25, -0.2) is 13.4 Å². The van der Waals surface area contributed by atoms with Crippen LogP contribution in [0.15, 0.2) is 58.9 Å². The lowest BCUT2D eigenvalue weighted by molar-refractivity contribution is 0.603. The van der Waals surface area contributed by atoms with Crippen LogP contribution >= 0.6 is 22.9 Å². The van der Waals surface area contributed by atoms with E-state index in [1.807, 2.05) is 19.1 Å². The maximum Gasteiger partial charge on any atom is 0.271 e. The first kappa shape index (κ1) is 16.8. The Bertz CT molecular complexity index is 953. The van der Waals surface area contributed by atoms with Crippen molar-refractivity contribution in [2.24, 2.45) is 0 Å². The summed E-state index contributed by atoms with van der Waals surface area (Å²) in [6.45, 7) is 1.86. The number of sulfonamides is 1. The minimum Gasteiger partial charge on any atom is -0.340 e. The van der Waals surface area contributed by atoms with E-state index in [-0.39, 0.29) is 4.21 Å². The first-order valence-electron chi connectivity index (χ1n) is 7.00. The summed E-state index contributed by atoms with van der Waals surface area (Å²) in [6.07, 6.45) is 1.46. The molecule has 0 radical (unpaired) electrons. The number of aromatic nitrogens is 1. The molecule has 0 aliphatic heterocycles. The zero-order valence-electron chi connectivity index (χ0n) is 12.7. The van der Waals surface area contributed by atoms with Gasteiger partial charge in [-0.3, -0.25) is 4.72 Å². The highest BCUT2D eigenvalue weighted by Gasteiger charge is 2.16. The number of nitrogens with one attached hydrogen (secondary N) is 2. The van der Waals surface area contributed by atoms with Gasteiger partial charge in [0.25, 0.3) is 10.0 Å². The van der Waals surface area contributed by atoms with Crippen molar-refractivity contribution in [1.82, 2.24) is 4.98 Å². The number of aryl methyl sites for hydroxylation is 1. The number of rotatable bonds is 5. The van der Waals surface area contributed by atoms with Crippen LogP contribution in [0.1, 0.15) is 4.88 Å². The molecule has 8 heteroatoms. The second kappa shape index (κ2) is 6.80. The Morgan fingerprint density at radius 3 is 2.54 bits per heavy atom. The molecule has 0 amide bonds. The molecule has 2 aromatic heterocycles. The van der Waals surface area contributed by atoms with Crippen molar-refractivity contribution in [2.75, 3.05) is 10.0 Å². The highest BCUT2D eigenvalue weighted by atomic mass is 35.5. The first-order chi connectivity index (χ1) is 11.4. The Morgan fingerprint density at radius 2 is 1.92 bits per heavy atom. The van der Waals surface area contributed by atoms with E-state index >= 15 is 0 Å². The second-order valence-corrected chi connectivity index (χ2v) is 8.67. The van der Waals surface area contributed by atoms with Gasteiger partial charge in [-0.1, -0.05) is 17.7 Å². The molecule has 0 bridgehead atoms. The molecule has 124 valence electrons. The van der Waals surface area contributed by atoms with Gasteiger partial charge in [0, 0.05) is 15.6 Å². The van der Waals surface area contributed by atoms with E-state index in [1.54, 1.807) is 36.4 Å². The van der Waals surface area contributed by atoms with Gasteiger partial charge in [-0.2, -0.15) is 0 Å². The van der Waals surface area contributed by atoms with Crippen molar-refractivity contribution in [2.45, 2.75) is 11.1 Å². The van der Waals surface area contributed by atoms with Gasteiger partial charge >= 0.3 is 0 Å². The SMILES string of the molecule is Cc1ccc(S(=O)(=O)Nc2ccc(Nc3cccc(Cl)c3)nc2)s1. The third-order valence-electron chi connectivity index (χ3n) is 3.09. The van der Waals surface area contributed by atoms with Gasteiger partial charge < -0.3 is 5.32 Å². The number of pyridine rings is 1. The molecule has 0 saturated carbocycles. The third kappa shape index (κ3) is 4.05. The van der Waals surface area contributed by atoms with Crippen molar-refractivity contribution in [3.8, 4) is 0 Å². The average molecular weight is 380 g/mol. The van der Waals surface area contributed by atoms with Gasteiger partial charge in [0.1, 0.15) is 10.0 Å². The minimum absolute atomic E-state index is 0.279. The second-order valence-electron chi connectivity index (χ2n) is 5.04. The molecule has 0 unspecified atom stereocenters. The number of nitrogens with zero attached hydrogens (tertiary/aromatic N) is 1. The molecule has 0 aliphatic carbocycles. The summed E-state index contributed by atoms with van der Waals surface area (Å²) in [5.74, 6) is 0.590. The molecule has 0 saturated heterocycles. The number of benzene rings is 1. The van der Waals surface area contributed by atoms with Crippen LogP contribution < -0.4 is 10.0 Å². The van der Waals surface area contributed by atoms with E-state index in [0.717, 1.165) is 10.6 Å². The highest BCUT2D eigenvalue weighted by Crippen LogP contribution is 2.24. The summed E-state index contributed by atoms with van der Waals surface area (Å²) in [5, 5.41) is 3.72. The lowest BCUT2D eigenvalue weighted by Gasteiger charge is -2.08. The normalized spacial score (nSPS) is 11.2. The molecule has 2 heterocycles. The highest BCUT2D eigenvalue weighted by molar-refractivity contribution is 7.94. The van der Waals surface area contributed by atoms with Gasteiger partial charge in [0.05, 0.1) is 11.9 Å². The number of thiophene rings is 1. The van der Waals surface area contributed by atoms with Crippen LogP contribution in [-0.2, 0) is 10.0 Å². The van der Waals surface area contributed by atoms with E-state index in [2.05, 4.69) is 15.0 Å². The quantitative estimate of drug-likeness (QED) is 0.676. The predicted molar refractivity (Wildman–Crippen MR) is 98.8 cm³/mol. The van der Waals surface area contributed by atoms with Crippen LogP contribution in [0, 0.1) is 6.92 Å². The lowest BCUT2D eigenvalue weighted by atomic mass is 10.3. The van der Waals surface area contributed by atoms with Crippen LogP contribution in [-0.4, -0.2) is 13.4 Å². The van der Waals surface area contributed by atoms with E-state index in [4.69, 9.17) is 11.6 Å². The summed E-state index contributed by atoms with van der Waals surface area (Å²) in [7, 11) is -3.58. The van der Waals surface area contributed by atoms with E-state index in [0.29, 0.717) is 16.5 Å². The van der Waals surface area contributed by atoms with Crippen LogP contribution in [0.2, 0.25) is 5.02 Å². The fourth-order valence-corrected chi connectivity index (χ4v) is 4.52. The molecule has 0 fully saturated rings. The zero-order chi connectivity index (χ0) is 17.2. The summed E-state index contributed by atoms with van der Waals surface area (Å²) in [4.78, 5) is 5.15. The maximum atomic E-state index is 12.3. The van der Waals surface area contributed by atoms with Crippen LogP contribution in [0.5, 0.6) is 0 Å². The summed E-state index contributed by atoms with van der Waals surface area (Å²) >= 11 is 7.16. The van der Waals surface area contributed by atoms with Crippen molar-refractivity contribution < 1.29 is 8.42 Å². The third-order valence-corrected chi connectivity index (χ3v) is 6.20. The molecule has 2 N–H and O–H groups in total. The standard InChI is InChI=1S/C16H14ClN3O2S2/c1-11-5-8-16(23-11)24(21,22)20-14-6-7-15(18-10-14)19-13-4-2-3-12(17)9-13/h2-10,20H,1H3,(H,18,19). The van der Waals surface area contributed by atoms with Gasteiger partial charge in [0.15, 0.2) is 0 Å². The first-order valence-corrected chi connectivity index (χ1v) is 9.68. The number of hydrogen-bond acceptors (Lipinski definition) is 5. The molecular formula is C16H14ClN3O2S2. The van der Waals surface area contributed by atoms with Crippen molar-refractivity contribution in [3.05, 3.63) is 64.6 Å². The largest absolute Gasteiger partial charge is 0.340 e. The van der Waals surface area contributed by atoms with Gasteiger partial charge in [-0.15, -0.1) is 11.3 Å². The van der Waals surface area contributed by atoms with Gasteiger partial charge in [-0.05, 0) is 49.4 Å². The molecule has 3 rings (SSSR count). The Labute approximate surface area is 149 Å². The lowest BCUT2D eigenvalue weighted by Crippen LogP contribution is -2.11. The molecule has 0 spiro atoms. The fourth-order valence-electron chi connectivity index (χ4n) is 2.00. The predicted octanol–water partition coefficient (Wildman–Crippen LogP) is 4.65. The Balaban J connectivity index is 1.73. The Kier molecular flexibility index (Phi) is 4.75. The summed E-state index contributed by atoms with van der Waals surface area (Å²) < 4.78 is 27.3. The van der Waals surface area contributed by atoms with E-state index in [9.17, 15) is 8.42 Å². The molecule has 0 atom stereocenters. The molecule has 5 nitrogen and oxygen atoms in total. The molecule has 3 aromatic rings. The minimum atomic E-state index is -3.58.